The lowest BCUT2D eigenvalue weighted by Crippen LogP contribution is -2.31. The summed E-state index contributed by atoms with van der Waals surface area (Å²) in [5, 5.41) is 9.85. The predicted molar refractivity (Wildman–Crippen MR) is 74.8 cm³/mol. The molecular weight excluding hydrogens is 226 g/mol. The Labute approximate surface area is 110 Å². The Bertz CT molecular complexity index is 344. The van der Waals surface area contributed by atoms with Crippen LogP contribution in [-0.4, -0.2) is 23.4 Å². The van der Waals surface area contributed by atoms with Crippen LogP contribution in [0.2, 0.25) is 0 Å². The Morgan fingerprint density at radius 2 is 1.94 bits per heavy atom. The van der Waals surface area contributed by atoms with Gasteiger partial charge in [0.2, 0.25) is 0 Å². The van der Waals surface area contributed by atoms with Crippen molar-refractivity contribution in [2.75, 3.05) is 6.61 Å². The first-order valence-corrected chi connectivity index (χ1v) is 6.62. The SMILES string of the molecule is CCC(C)(O)COc1ccc(CCC(C)N)cc1. The summed E-state index contributed by atoms with van der Waals surface area (Å²) in [6, 6.07) is 8.24. The van der Waals surface area contributed by atoms with Crippen molar-refractivity contribution in [1.29, 1.82) is 0 Å². The number of aryl methyl sites for hydroxylation is 1. The normalized spacial score (nSPS) is 16.1. The molecule has 0 saturated carbocycles. The van der Waals surface area contributed by atoms with Crippen LogP contribution in [0.3, 0.4) is 0 Å². The maximum atomic E-state index is 9.85. The number of rotatable bonds is 7. The summed E-state index contributed by atoms with van der Waals surface area (Å²) in [6.07, 6.45) is 2.66. The second-order valence-electron chi connectivity index (χ2n) is 5.30. The van der Waals surface area contributed by atoms with E-state index in [1.54, 1.807) is 6.92 Å². The lowest BCUT2D eigenvalue weighted by atomic mass is 10.1. The second kappa shape index (κ2) is 6.76. The van der Waals surface area contributed by atoms with Crippen molar-refractivity contribution in [1.82, 2.24) is 0 Å². The van der Waals surface area contributed by atoms with E-state index in [1.165, 1.54) is 5.56 Å². The predicted octanol–water partition coefficient (Wildman–Crippen LogP) is 2.51. The summed E-state index contributed by atoms with van der Waals surface area (Å²) in [7, 11) is 0. The number of benzene rings is 1. The topological polar surface area (TPSA) is 55.5 Å². The van der Waals surface area contributed by atoms with Crippen molar-refractivity contribution in [3.63, 3.8) is 0 Å². The van der Waals surface area contributed by atoms with Crippen LogP contribution in [0, 0.1) is 0 Å². The molecule has 1 aromatic rings. The summed E-state index contributed by atoms with van der Waals surface area (Å²) in [4.78, 5) is 0. The van der Waals surface area contributed by atoms with Crippen molar-refractivity contribution >= 4 is 0 Å². The van der Waals surface area contributed by atoms with Crippen LogP contribution in [0.5, 0.6) is 5.75 Å². The first-order chi connectivity index (χ1) is 8.43. The van der Waals surface area contributed by atoms with E-state index in [-0.39, 0.29) is 6.04 Å². The minimum Gasteiger partial charge on any atom is -0.491 e. The van der Waals surface area contributed by atoms with Gasteiger partial charge in [0.15, 0.2) is 0 Å². The van der Waals surface area contributed by atoms with Gasteiger partial charge in [-0.25, -0.2) is 0 Å². The molecule has 1 rings (SSSR count). The van der Waals surface area contributed by atoms with Crippen LogP contribution in [0.15, 0.2) is 24.3 Å². The number of nitrogens with two attached hydrogens (primary N) is 1. The van der Waals surface area contributed by atoms with Gasteiger partial charge >= 0.3 is 0 Å². The fourth-order valence-corrected chi connectivity index (χ4v) is 1.49. The molecule has 0 spiro atoms. The highest BCUT2D eigenvalue weighted by Crippen LogP contribution is 2.16. The molecule has 1 aromatic carbocycles. The largest absolute Gasteiger partial charge is 0.491 e. The Hall–Kier alpha value is -1.06. The van der Waals surface area contributed by atoms with Crippen LogP contribution < -0.4 is 10.5 Å². The van der Waals surface area contributed by atoms with Crippen molar-refractivity contribution in [3.05, 3.63) is 29.8 Å². The fourth-order valence-electron chi connectivity index (χ4n) is 1.49. The molecule has 0 fully saturated rings. The average Bonchev–Trinajstić information content (AvgIpc) is 2.35. The van der Waals surface area contributed by atoms with Gasteiger partial charge in [-0.05, 0) is 50.8 Å². The highest BCUT2D eigenvalue weighted by molar-refractivity contribution is 5.27. The van der Waals surface area contributed by atoms with E-state index in [9.17, 15) is 5.11 Å². The maximum Gasteiger partial charge on any atom is 0.119 e. The minimum atomic E-state index is -0.756. The zero-order valence-electron chi connectivity index (χ0n) is 11.6. The second-order valence-corrected chi connectivity index (χ2v) is 5.30. The molecule has 102 valence electrons. The van der Waals surface area contributed by atoms with E-state index in [1.807, 2.05) is 26.0 Å². The molecule has 18 heavy (non-hydrogen) atoms. The zero-order chi connectivity index (χ0) is 13.6. The van der Waals surface area contributed by atoms with Gasteiger partial charge in [0.25, 0.3) is 0 Å². The summed E-state index contributed by atoms with van der Waals surface area (Å²) in [6.45, 7) is 6.07. The number of hydrogen-bond acceptors (Lipinski definition) is 3. The van der Waals surface area contributed by atoms with E-state index in [0.717, 1.165) is 18.6 Å². The van der Waals surface area contributed by atoms with E-state index < -0.39 is 5.60 Å². The van der Waals surface area contributed by atoms with Gasteiger partial charge in [0.1, 0.15) is 12.4 Å². The molecule has 0 radical (unpaired) electrons. The molecule has 2 atom stereocenters. The molecule has 0 bridgehead atoms. The van der Waals surface area contributed by atoms with Gasteiger partial charge in [0.05, 0.1) is 5.60 Å². The molecule has 0 aliphatic carbocycles. The Morgan fingerprint density at radius 1 is 1.33 bits per heavy atom. The highest BCUT2D eigenvalue weighted by Gasteiger charge is 2.18. The highest BCUT2D eigenvalue weighted by atomic mass is 16.5. The van der Waals surface area contributed by atoms with Gasteiger partial charge in [-0.15, -0.1) is 0 Å². The van der Waals surface area contributed by atoms with Gasteiger partial charge in [-0.1, -0.05) is 19.1 Å². The molecule has 3 N–H and O–H groups in total. The van der Waals surface area contributed by atoms with Crippen LogP contribution in [0.25, 0.3) is 0 Å². The number of hydrogen-bond donors (Lipinski definition) is 2. The van der Waals surface area contributed by atoms with Gasteiger partial charge in [-0.2, -0.15) is 0 Å². The van der Waals surface area contributed by atoms with Crippen molar-refractivity contribution in [2.45, 2.75) is 51.7 Å². The van der Waals surface area contributed by atoms with Crippen LogP contribution in [-0.2, 0) is 6.42 Å². The van der Waals surface area contributed by atoms with Crippen molar-refractivity contribution in [3.8, 4) is 5.75 Å². The molecular formula is C15H25NO2. The lowest BCUT2D eigenvalue weighted by Gasteiger charge is -2.21. The Balaban J connectivity index is 2.45. The monoisotopic (exact) mass is 251 g/mol. The van der Waals surface area contributed by atoms with E-state index in [2.05, 4.69) is 12.1 Å². The van der Waals surface area contributed by atoms with Crippen molar-refractivity contribution in [2.24, 2.45) is 5.73 Å². The Morgan fingerprint density at radius 3 is 2.44 bits per heavy atom. The standard InChI is InChI=1S/C15H25NO2/c1-4-15(3,17)11-18-14-9-7-13(8-10-14)6-5-12(2)16/h7-10,12,17H,4-6,11,16H2,1-3H3. The van der Waals surface area contributed by atoms with Crippen LogP contribution in [0.4, 0.5) is 0 Å². The molecule has 0 heterocycles. The van der Waals surface area contributed by atoms with Gasteiger partial charge < -0.3 is 15.6 Å². The maximum absolute atomic E-state index is 9.85. The summed E-state index contributed by atoms with van der Waals surface area (Å²) in [5.41, 5.74) is 6.24. The molecule has 0 aliphatic heterocycles. The van der Waals surface area contributed by atoms with Crippen LogP contribution >= 0.6 is 0 Å². The minimum absolute atomic E-state index is 0.237. The smallest absolute Gasteiger partial charge is 0.119 e. The first kappa shape index (κ1) is 15.0. The van der Waals surface area contributed by atoms with Crippen LogP contribution in [0.1, 0.15) is 39.2 Å². The van der Waals surface area contributed by atoms with E-state index in [0.29, 0.717) is 13.0 Å². The third kappa shape index (κ3) is 5.52. The van der Waals surface area contributed by atoms with E-state index >= 15 is 0 Å². The Kier molecular flexibility index (Phi) is 5.63. The first-order valence-electron chi connectivity index (χ1n) is 6.62. The molecule has 0 aromatic heterocycles. The molecule has 0 amide bonds. The molecule has 0 saturated heterocycles. The van der Waals surface area contributed by atoms with Gasteiger partial charge in [0, 0.05) is 6.04 Å². The number of aliphatic hydroxyl groups is 1. The van der Waals surface area contributed by atoms with Crippen molar-refractivity contribution < 1.29 is 9.84 Å². The fraction of sp³-hybridized carbons (Fsp3) is 0.600. The summed E-state index contributed by atoms with van der Waals surface area (Å²) in [5.74, 6) is 0.799. The molecule has 2 unspecified atom stereocenters. The molecule has 0 aliphatic rings. The van der Waals surface area contributed by atoms with E-state index in [4.69, 9.17) is 10.5 Å². The summed E-state index contributed by atoms with van der Waals surface area (Å²) >= 11 is 0. The number of ether oxygens (including phenoxy) is 1. The lowest BCUT2D eigenvalue weighted by molar-refractivity contribution is 0.00846. The zero-order valence-corrected chi connectivity index (χ0v) is 11.6. The molecule has 3 nitrogen and oxygen atoms in total. The molecule has 3 heteroatoms. The third-order valence-electron chi connectivity index (χ3n) is 3.12. The average molecular weight is 251 g/mol. The quantitative estimate of drug-likeness (QED) is 0.783. The summed E-state index contributed by atoms with van der Waals surface area (Å²) < 4.78 is 5.57. The third-order valence-corrected chi connectivity index (χ3v) is 3.12. The van der Waals surface area contributed by atoms with Gasteiger partial charge in [-0.3, -0.25) is 0 Å².